The van der Waals surface area contributed by atoms with Crippen LogP contribution in [0.4, 0.5) is 10.6 Å². The molecule has 7 heteroatoms. The van der Waals surface area contributed by atoms with Gasteiger partial charge in [0.2, 0.25) is 5.91 Å². The average Bonchev–Trinajstić information content (AvgIpc) is 2.59. The molecule has 1 fully saturated rings. The number of nitrogens with zero attached hydrogens (tertiary/aromatic N) is 3. The van der Waals surface area contributed by atoms with Crippen LogP contribution < -0.4 is 9.64 Å². The number of aromatic nitrogens is 1. The average molecular weight is 390 g/mol. The smallest absolute Gasteiger partial charge is 0.332 e. The second kappa shape index (κ2) is 7.00. The molecule has 0 saturated carbocycles. The Balaban J connectivity index is 1.80. The van der Waals surface area contributed by atoms with Crippen LogP contribution in [0, 0.1) is 0 Å². The van der Waals surface area contributed by atoms with Gasteiger partial charge in [0.05, 0.1) is 13.7 Å². The third kappa shape index (κ3) is 3.41. The highest BCUT2D eigenvalue weighted by molar-refractivity contribution is 9.10. The van der Waals surface area contributed by atoms with Crippen LogP contribution in [0.1, 0.15) is 12.0 Å². The van der Waals surface area contributed by atoms with Crippen molar-refractivity contribution in [3.8, 4) is 5.75 Å². The normalized spacial score (nSPS) is 14.9. The van der Waals surface area contributed by atoms with E-state index in [0.717, 1.165) is 11.3 Å². The molecule has 24 heavy (non-hydrogen) atoms. The van der Waals surface area contributed by atoms with Gasteiger partial charge in [0.15, 0.2) is 0 Å². The summed E-state index contributed by atoms with van der Waals surface area (Å²) in [5.41, 5.74) is 0.863. The third-order valence-corrected chi connectivity index (χ3v) is 4.23. The van der Waals surface area contributed by atoms with Gasteiger partial charge in [-0.1, -0.05) is 18.2 Å². The number of hydrogen-bond donors (Lipinski definition) is 0. The highest BCUT2D eigenvalue weighted by atomic mass is 79.9. The molecular formula is C17H16BrN3O3. The molecule has 1 aromatic heterocycles. The quantitative estimate of drug-likeness (QED) is 0.753. The zero-order valence-electron chi connectivity index (χ0n) is 13.1. The summed E-state index contributed by atoms with van der Waals surface area (Å²) in [4.78, 5) is 32.0. The van der Waals surface area contributed by atoms with E-state index >= 15 is 0 Å². The van der Waals surface area contributed by atoms with Gasteiger partial charge in [0.1, 0.15) is 16.2 Å². The van der Waals surface area contributed by atoms with Crippen LogP contribution in [-0.4, -0.2) is 35.5 Å². The molecule has 2 heterocycles. The third-order valence-electron chi connectivity index (χ3n) is 3.79. The zero-order chi connectivity index (χ0) is 17.1. The van der Waals surface area contributed by atoms with Crippen LogP contribution >= 0.6 is 15.9 Å². The molecule has 2 aromatic rings. The molecule has 1 aliphatic heterocycles. The van der Waals surface area contributed by atoms with Crippen molar-refractivity contribution >= 4 is 33.7 Å². The van der Waals surface area contributed by atoms with Gasteiger partial charge in [-0.3, -0.25) is 14.6 Å². The Kier molecular flexibility index (Phi) is 4.80. The Hall–Kier alpha value is -2.41. The fourth-order valence-electron chi connectivity index (χ4n) is 2.52. The summed E-state index contributed by atoms with van der Waals surface area (Å²) in [6, 6.07) is 12.3. The van der Waals surface area contributed by atoms with E-state index in [0.29, 0.717) is 17.0 Å². The van der Waals surface area contributed by atoms with Crippen LogP contribution in [-0.2, 0) is 11.3 Å². The number of pyridine rings is 1. The topological polar surface area (TPSA) is 62.7 Å². The standard InChI is InChI=1S/C17H16BrN3O3/c1-24-13-7-5-12(6-8-13)11-21-16(22)9-10-20(17(21)23)15-4-2-3-14(18)19-15/h2-8H,9-11H2,1H3. The van der Waals surface area contributed by atoms with Crippen LogP contribution in [0.5, 0.6) is 5.75 Å². The van der Waals surface area contributed by atoms with E-state index in [4.69, 9.17) is 4.74 Å². The molecule has 6 nitrogen and oxygen atoms in total. The Morgan fingerprint density at radius 2 is 1.92 bits per heavy atom. The predicted molar refractivity (Wildman–Crippen MR) is 92.8 cm³/mol. The summed E-state index contributed by atoms with van der Waals surface area (Å²) in [6.45, 7) is 0.562. The van der Waals surface area contributed by atoms with E-state index < -0.39 is 0 Å². The van der Waals surface area contributed by atoms with Gasteiger partial charge >= 0.3 is 6.03 Å². The molecule has 3 rings (SSSR count). The first-order valence-corrected chi connectivity index (χ1v) is 8.25. The molecule has 0 spiro atoms. The summed E-state index contributed by atoms with van der Waals surface area (Å²) >= 11 is 3.30. The lowest BCUT2D eigenvalue weighted by molar-refractivity contribution is -0.129. The second-order valence-electron chi connectivity index (χ2n) is 5.33. The number of anilines is 1. The maximum atomic E-state index is 12.7. The van der Waals surface area contributed by atoms with Crippen molar-refractivity contribution in [1.82, 2.24) is 9.88 Å². The van der Waals surface area contributed by atoms with Gasteiger partial charge in [-0.05, 0) is 45.8 Å². The molecular weight excluding hydrogens is 374 g/mol. The lowest BCUT2D eigenvalue weighted by atomic mass is 10.2. The molecule has 0 bridgehead atoms. The number of ether oxygens (including phenoxy) is 1. The number of carbonyl (C=O) groups is 2. The van der Waals surface area contributed by atoms with Gasteiger partial charge in [0, 0.05) is 13.0 Å². The fourth-order valence-corrected chi connectivity index (χ4v) is 2.85. The molecule has 1 saturated heterocycles. The van der Waals surface area contributed by atoms with Crippen molar-refractivity contribution in [3.05, 3.63) is 52.6 Å². The number of benzene rings is 1. The number of urea groups is 1. The maximum Gasteiger partial charge on any atom is 0.332 e. The number of rotatable bonds is 4. The van der Waals surface area contributed by atoms with E-state index in [-0.39, 0.29) is 24.9 Å². The van der Waals surface area contributed by atoms with Crippen molar-refractivity contribution in [2.45, 2.75) is 13.0 Å². The van der Waals surface area contributed by atoms with E-state index in [9.17, 15) is 9.59 Å². The van der Waals surface area contributed by atoms with E-state index in [1.807, 2.05) is 30.3 Å². The Labute approximate surface area is 148 Å². The van der Waals surface area contributed by atoms with Crippen LogP contribution in [0.15, 0.2) is 47.1 Å². The van der Waals surface area contributed by atoms with Crippen LogP contribution in [0.3, 0.4) is 0 Å². The molecule has 3 amide bonds. The molecule has 0 atom stereocenters. The van der Waals surface area contributed by atoms with Crippen LogP contribution in [0.2, 0.25) is 0 Å². The monoisotopic (exact) mass is 389 g/mol. The summed E-state index contributed by atoms with van der Waals surface area (Å²) in [6.07, 6.45) is 0.274. The molecule has 1 aromatic carbocycles. The minimum atomic E-state index is -0.354. The highest BCUT2D eigenvalue weighted by Gasteiger charge is 2.33. The fraction of sp³-hybridized carbons (Fsp3) is 0.235. The first kappa shape index (κ1) is 16.4. The van der Waals surface area contributed by atoms with Crippen molar-refractivity contribution in [2.24, 2.45) is 0 Å². The Morgan fingerprint density at radius 3 is 2.58 bits per heavy atom. The van der Waals surface area contributed by atoms with Gasteiger partial charge in [0.25, 0.3) is 0 Å². The van der Waals surface area contributed by atoms with Gasteiger partial charge in [-0.25, -0.2) is 9.78 Å². The molecule has 124 valence electrons. The largest absolute Gasteiger partial charge is 0.497 e. The van der Waals surface area contributed by atoms with E-state index in [1.54, 1.807) is 19.2 Å². The molecule has 1 aliphatic rings. The first-order valence-electron chi connectivity index (χ1n) is 7.46. The highest BCUT2D eigenvalue weighted by Crippen LogP contribution is 2.22. The van der Waals surface area contributed by atoms with Gasteiger partial charge in [-0.2, -0.15) is 0 Å². The van der Waals surface area contributed by atoms with Gasteiger partial charge in [-0.15, -0.1) is 0 Å². The number of imide groups is 1. The SMILES string of the molecule is COc1ccc(CN2C(=O)CCN(c3cccc(Br)n3)C2=O)cc1. The predicted octanol–water partition coefficient (Wildman–Crippen LogP) is 3.21. The number of amides is 3. The Bertz CT molecular complexity index is 764. The summed E-state index contributed by atoms with van der Waals surface area (Å²) in [5, 5.41) is 0. The molecule has 0 aliphatic carbocycles. The van der Waals surface area contributed by atoms with E-state index in [2.05, 4.69) is 20.9 Å². The van der Waals surface area contributed by atoms with Crippen molar-refractivity contribution in [3.63, 3.8) is 0 Å². The molecule has 0 N–H and O–H groups in total. The minimum absolute atomic E-state index is 0.179. The minimum Gasteiger partial charge on any atom is -0.497 e. The number of hydrogen-bond acceptors (Lipinski definition) is 4. The Morgan fingerprint density at radius 1 is 1.17 bits per heavy atom. The summed E-state index contributed by atoms with van der Waals surface area (Å²) in [7, 11) is 1.59. The zero-order valence-corrected chi connectivity index (χ0v) is 14.7. The molecule has 0 unspecified atom stereocenters. The number of methoxy groups -OCH3 is 1. The number of halogens is 1. The van der Waals surface area contributed by atoms with E-state index in [1.165, 1.54) is 9.80 Å². The summed E-state index contributed by atoms with van der Waals surface area (Å²) < 4.78 is 5.76. The van der Waals surface area contributed by atoms with Crippen LogP contribution in [0.25, 0.3) is 0 Å². The first-order chi connectivity index (χ1) is 11.6. The second-order valence-corrected chi connectivity index (χ2v) is 6.14. The number of carbonyl (C=O) groups excluding carboxylic acids is 2. The lowest BCUT2D eigenvalue weighted by Crippen LogP contribution is -2.52. The van der Waals surface area contributed by atoms with Crippen molar-refractivity contribution in [2.75, 3.05) is 18.6 Å². The van der Waals surface area contributed by atoms with Gasteiger partial charge < -0.3 is 4.74 Å². The van der Waals surface area contributed by atoms with Crippen molar-refractivity contribution in [1.29, 1.82) is 0 Å². The maximum absolute atomic E-state index is 12.7. The lowest BCUT2D eigenvalue weighted by Gasteiger charge is -2.33. The van der Waals surface area contributed by atoms with Crippen molar-refractivity contribution < 1.29 is 14.3 Å². The molecule has 0 radical (unpaired) electrons. The summed E-state index contributed by atoms with van der Waals surface area (Å²) in [5.74, 6) is 1.08.